The van der Waals surface area contributed by atoms with Crippen LogP contribution in [0.25, 0.3) is 22.2 Å². The average Bonchev–Trinajstić information content (AvgIpc) is 2.91. The summed E-state index contributed by atoms with van der Waals surface area (Å²) in [5.74, 6) is 1.43. The van der Waals surface area contributed by atoms with Crippen LogP contribution >= 0.6 is 11.6 Å². The van der Waals surface area contributed by atoms with Crippen molar-refractivity contribution >= 4 is 22.5 Å². The smallest absolute Gasteiger partial charge is 0.132 e. The normalized spacial score (nSPS) is 10.8. The monoisotopic (exact) mass is 288 g/mol. The summed E-state index contributed by atoms with van der Waals surface area (Å²) >= 11 is 6.28. The molecule has 0 atom stereocenters. The van der Waals surface area contributed by atoms with Crippen LogP contribution < -0.4 is 9.47 Å². The molecule has 1 aromatic heterocycles. The number of fused-ring (bicyclic) bond motifs is 1. The topological polar surface area (TPSA) is 47.1 Å². The molecule has 3 rings (SSSR count). The van der Waals surface area contributed by atoms with E-state index < -0.39 is 0 Å². The SMILES string of the molecule is COc1ccc(-c2n[nH]c3cccc(Cl)c23)c(OC)c1. The molecule has 4 nitrogen and oxygen atoms in total. The van der Waals surface area contributed by atoms with Gasteiger partial charge in [0, 0.05) is 17.0 Å². The second kappa shape index (κ2) is 5.06. The van der Waals surface area contributed by atoms with E-state index in [0.29, 0.717) is 10.8 Å². The molecule has 5 heteroatoms. The van der Waals surface area contributed by atoms with E-state index in [0.717, 1.165) is 27.9 Å². The first-order chi connectivity index (χ1) is 9.74. The van der Waals surface area contributed by atoms with Crippen molar-refractivity contribution in [1.82, 2.24) is 10.2 Å². The molecule has 1 N–H and O–H groups in total. The van der Waals surface area contributed by atoms with Crippen LogP contribution in [-0.4, -0.2) is 24.4 Å². The Hall–Kier alpha value is -2.20. The zero-order valence-corrected chi connectivity index (χ0v) is 11.9. The predicted octanol–water partition coefficient (Wildman–Crippen LogP) is 3.90. The van der Waals surface area contributed by atoms with Crippen molar-refractivity contribution in [2.24, 2.45) is 0 Å². The number of hydrogen-bond donors (Lipinski definition) is 1. The molecule has 0 fully saturated rings. The van der Waals surface area contributed by atoms with Crippen molar-refractivity contribution in [2.45, 2.75) is 0 Å². The lowest BCUT2D eigenvalue weighted by Crippen LogP contribution is -1.91. The molecule has 0 aliphatic rings. The summed E-state index contributed by atoms with van der Waals surface area (Å²) in [5.41, 5.74) is 2.53. The highest BCUT2D eigenvalue weighted by Gasteiger charge is 2.15. The number of rotatable bonds is 3. The second-order valence-corrected chi connectivity index (χ2v) is 4.71. The summed E-state index contributed by atoms with van der Waals surface area (Å²) in [5, 5.41) is 8.89. The Balaban J connectivity index is 2.25. The van der Waals surface area contributed by atoms with Gasteiger partial charge in [-0.25, -0.2) is 0 Å². The third-order valence-electron chi connectivity index (χ3n) is 3.20. The second-order valence-electron chi connectivity index (χ2n) is 4.30. The van der Waals surface area contributed by atoms with Gasteiger partial charge in [-0.2, -0.15) is 5.10 Å². The molecular formula is C15H13ClN2O2. The minimum Gasteiger partial charge on any atom is -0.497 e. The maximum Gasteiger partial charge on any atom is 0.132 e. The molecule has 0 bridgehead atoms. The molecule has 0 radical (unpaired) electrons. The van der Waals surface area contributed by atoms with E-state index in [1.165, 1.54) is 0 Å². The fraction of sp³-hybridized carbons (Fsp3) is 0.133. The third kappa shape index (κ3) is 1.98. The first kappa shape index (κ1) is 12.8. The van der Waals surface area contributed by atoms with Gasteiger partial charge in [-0.3, -0.25) is 5.10 Å². The van der Waals surface area contributed by atoms with Crippen molar-refractivity contribution in [2.75, 3.05) is 14.2 Å². The summed E-state index contributed by atoms with van der Waals surface area (Å²) < 4.78 is 10.6. The van der Waals surface area contributed by atoms with Gasteiger partial charge in [0.15, 0.2) is 0 Å². The molecule has 20 heavy (non-hydrogen) atoms. The number of aromatic nitrogens is 2. The Bertz CT molecular complexity index is 768. The summed E-state index contributed by atoms with van der Waals surface area (Å²) in [7, 11) is 3.24. The largest absolute Gasteiger partial charge is 0.497 e. The summed E-state index contributed by atoms with van der Waals surface area (Å²) in [6.45, 7) is 0. The maximum absolute atomic E-state index is 6.28. The molecule has 102 valence electrons. The molecule has 0 saturated carbocycles. The first-order valence-electron chi connectivity index (χ1n) is 6.09. The quantitative estimate of drug-likeness (QED) is 0.795. The van der Waals surface area contributed by atoms with E-state index in [-0.39, 0.29) is 0 Å². The number of methoxy groups -OCH3 is 2. The number of aromatic amines is 1. The minimum absolute atomic E-state index is 0.657. The van der Waals surface area contributed by atoms with Gasteiger partial charge in [-0.05, 0) is 24.3 Å². The van der Waals surface area contributed by atoms with Gasteiger partial charge >= 0.3 is 0 Å². The van der Waals surface area contributed by atoms with E-state index in [4.69, 9.17) is 21.1 Å². The number of hydrogen-bond acceptors (Lipinski definition) is 3. The fourth-order valence-electron chi connectivity index (χ4n) is 2.22. The van der Waals surface area contributed by atoms with Gasteiger partial charge < -0.3 is 9.47 Å². The van der Waals surface area contributed by atoms with Crippen molar-refractivity contribution in [3.05, 3.63) is 41.4 Å². The summed E-state index contributed by atoms with van der Waals surface area (Å²) in [6, 6.07) is 11.3. The van der Waals surface area contributed by atoms with Crippen LogP contribution in [0.2, 0.25) is 5.02 Å². The van der Waals surface area contributed by atoms with Crippen LogP contribution in [0.3, 0.4) is 0 Å². The van der Waals surface area contributed by atoms with Crippen molar-refractivity contribution in [1.29, 1.82) is 0 Å². The molecule has 1 heterocycles. The lowest BCUT2D eigenvalue weighted by Gasteiger charge is -2.09. The molecule has 0 unspecified atom stereocenters. The van der Waals surface area contributed by atoms with Crippen molar-refractivity contribution in [3.8, 4) is 22.8 Å². The molecule has 0 amide bonds. The van der Waals surface area contributed by atoms with Crippen LogP contribution in [0.5, 0.6) is 11.5 Å². The highest BCUT2D eigenvalue weighted by Crippen LogP contribution is 2.38. The number of halogens is 1. The number of H-pyrrole nitrogens is 1. The average molecular weight is 289 g/mol. The van der Waals surface area contributed by atoms with Gasteiger partial charge in [-0.1, -0.05) is 17.7 Å². The predicted molar refractivity (Wildman–Crippen MR) is 79.6 cm³/mol. The Kier molecular flexibility index (Phi) is 3.24. The van der Waals surface area contributed by atoms with Crippen LogP contribution in [0.1, 0.15) is 0 Å². The number of nitrogens with one attached hydrogen (secondary N) is 1. The fourth-order valence-corrected chi connectivity index (χ4v) is 2.48. The number of benzene rings is 2. The van der Waals surface area contributed by atoms with Gasteiger partial charge in [0.05, 0.1) is 24.8 Å². The lowest BCUT2D eigenvalue weighted by atomic mass is 10.1. The molecule has 0 aliphatic heterocycles. The molecule has 0 spiro atoms. The van der Waals surface area contributed by atoms with E-state index in [1.54, 1.807) is 14.2 Å². The van der Waals surface area contributed by atoms with Gasteiger partial charge in [0.2, 0.25) is 0 Å². The molecule has 0 saturated heterocycles. The number of nitrogens with zero attached hydrogens (tertiary/aromatic N) is 1. The van der Waals surface area contributed by atoms with Crippen molar-refractivity contribution < 1.29 is 9.47 Å². The zero-order chi connectivity index (χ0) is 14.1. The maximum atomic E-state index is 6.28. The van der Waals surface area contributed by atoms with Crippen LogP contribution in [0, 0.1) is 0 Å². The first-order valence-corrected chi connectivity index (χ1v) is 6.47. The Morgan fingerprint density at radius 3 is 2.70 bits per heavy atom. The molecule has 2 aromatic carbocycles. The summed E-state index contributed by atoms with van der Waals surface area (Å²) in [4.78, 5) is 0. The van der Waals surface area contributed by atoms with E-state index in [9.17, 15) is 0 Å². The van der Waals surface area contributed by atoms with Crippen LogP contribution in [0.4, 0.5) is 0 Å². The highest BCUT2D eigenvalue weighted by atomic mass is 35.5. The van der Waals surface area contributed by atoms with Gasteiger partial charge in [0.25, 0.3) is 0 Å². The Morgan fingerprint density at radius 1 is 1.10 bits per heavy atom. The molecular weight excluding hydrogens is 276 g/mol. The lowest BCUT2D eigenvalue weighted by molar-refractivity contribution is 0.395. The summed E-state index contributed by atoms with van der Waals surface area (Å²) in [6.07, 6.45) is 0. The Labute approximate surface area is 121 Å². The van der Waals surface area contributed by atoms with E-state index in [2.05, 4.69) is 10.2 Å². The van der Waals surface area contributed by atoms with Gasteiger partial charge in [0.1, 0.15) is 17.2 Å². The standard InChI is InChI=1S/C15H13ClN2O2/c1-19-9-6-7-10(13(8-9)20-2)15-14-11(16)4-3-5-12(14)17-18-15/h3-8H,1-2H3,(H,17,18). The van der Waals surface area contributed by atoms with Crippen LogP contribution in [0.15, 0.2) is 36.4 Å². The van der Waals surface area contributed by atoms with Crippen LogP contribution in [-0.2, 0) is 0 Å². The minimum atomic E-state index is 0.657. The van der Waals surface area contributed by atoms with E-state index >= 15 is 0 Å². The Morgan fingerprint density at radius 2 is 1.95 bits per heavy atom. The van der Waals surface area contributed by atoms with E-state index in [1.807, 2.05) is 36.4 Å². The molecule has 0 aliphatic carbocycles. The van der Waals surface area contributed by atoms with Crippen molar-refractivity contribution in [3.63, 3.8) is 0 Å². The van der Waals surface area contributed by atoms with Gasteiger partial charge in [-0.15, -0.1) is 0 Å². The number of ether oxygens (including phenoxy) is 2. The zero-order valence-electron chi connectivity index (χ0n) is 11.1. The molecule has 3 aromatic rings. The highest BCUT2D eigenvalue weighted by molar-refractivity contribution is 6.36. The third-order valence-corrected chi connectivity index (χ3v) is 3.52.